The first-order valence-corrected chi connectivity index (χ1v) is 13.2. The molecule has 0 fully saturated rings. The molecule has 0 aliphatic carbocycles. The molecule has 3 aromatic heterocycles. The van der Waals surface area contributed by atoms with Gasteiger partial charge in [0.25, 0.3) is 17.7 Å². The molecule has 0 atom stereocenters. The van der Waals surface area contributed by atoms with Crippen LogP contribution in [0, 0.1) is 0 Å². The minimum Gasteiger partial charge on any atom is -0.475 e. The second kappa shape index (κ2) is 14.3. The molecule has 0 unspecified atom stereocenters. The lowest BCUT2D eigenvalue weighted by Gasteiger charge is -2.10. The first-order valence-electron chi connectivity index (χ1n) is 13.2. The van der Waals surface area contributed by atoms with E-state index >= 15 is 0 Å². The van der Waals surface area contributed by atoms with Gasteiger partial charge in [0.05, 0.1) is 11.4 Å². The lowest BCUT2D eigenvalue weighted by atomic mass is 10.1. The van der Waals surface area contributed by atoms with Crippen LogP contribution in [0.2, 0.25) is 0 Å². The molecule has 4 rings (SSSR count). The summed E-state index contributed by atoms with van der Waals surface area (Å²) in [7, 11) is 7.44. The number of carboxylic acids is 1. The van der Waals surface area contributed by atoms with Crippen LogP contribution in [-0.4, -0.2) is 81.2 Å². The van der Waals surface area contributed by atoms with Gasteiger partial charge in [0.1, 0.15) is 17.1 Å². The van der Waals surface area contributed by atoms with E-state index in [1.54, 1.807) is 60.0 Å². The van der Waals surface area contributed by atoms with Gasteiger partial charge in [-0.1, -0.05) is 24.3 Å². The summed E-state index contributed by atoms with van der Waals surface area (Å²) in [6, 6.07) is 12.6. The smallest absolute Gasteiger partial charge is 0.475 e. The highest BCUT2D eigenvalue weighted by Gasteiger charge is 2.38. The quantitative estimate of drug-likeness (QED) is 0.210. The molecule has 0 saturated heterocycles. The van der Waals surface area contributed by atoms with Gasteiger partial charge in [-0.25, -0.2) is 4.79 Å². The number of nitrogens with zero attached hydrogens (tertiary/aromatic N) is 4. The summed E-state index contributed by atoms with van der Waals surface area (Å²) < 4.78 is 35.0. The molecule has 0 bridgehead atoms. The topological polar surface area (TPSA) is 151 Å². The number of aryl methyl sites for hydroxylation is 2. The fourth-order valence-electron chi connectivity index (χ4n) is 4.00. The largest absolute Gasteiger partial charge is 0.490 e. The van der Waals surface area contributed by atoms with Crippen LogP contribution in [0.1, 0.15) is 37.9 Å². The molecular formula is C29H32F3N7O5. The first-order chi connectivity index (χ1) is 20.6. The van der Waals surface area contributed by atoms with Crippen molar-refractivity contribution in [1.82, 2.24) is 24.3 Å². The number of aromatic nitrogens is 3. The molecule has 1 aromatic carbocycles. The van der Waals surface area contributed by atoms with E-state index in [-0.39, 0.29) is 23.4 Å². The Morgan fingerprint density at radius 3 is 1.93 bits per heavy atom. The third-order valence-electron chi connectivity index (χ3n) is 6.16. The molecule has 15 heteroatoms. The summed E-state index contributed by atoms with van der Waals surface area (Å²) in [4.78, 5) is 53.4. The van der Waals surface area contributed by atoms with Crippen LogP contribution in [0.5, 0.6) is 0 Å². The van der Waals surface area contributed by atoms with Crippen LogP contribution < -0.4 is 16.0 Å². The summed E-state index contributed by atoms with van der Waals surface area (Å²) in [5.74, 6) is -3.69. The first kappa shape index (κ1) is 33.3. The van der Waals surface area contributed by atoms with E-state index in [4.69, 9.17) is 9.90 Å². The number of halogens is 3. The maximum absolute atomic E-state index is 12.9. The number of fused-ring (bicyclic) bond motifs is 1. The summed E-state index contributed by atoms with van der Waals surface area (Å²) in [5, 5.41) is 17.5. The molecule has 3 heterocycles. The number of carboxylic acid groups (broad SMARTS) is 1. The highest BCUT2D eigenvalue weighted by Crippen LogP contribution is 2.19. The highest BCUT2D eigenvalue weighted by atomic mass is 19.4. The second-order valence-corrected chi connectivity index (χ2v) is 9.99. The molecule has 4 aromatic rings. The van der Waals surface area contributed by atoms with Gasteiger partial charge < -0.3 is 35.1 Å². The third kappa shape index (κ3) is 9.16. The molecule has 4 N–H and O–H groups in total. The minimum absolute atomic E-state index is 0.201. The van der Waals surface area contributed by atoms with Gasteiger partial charge in [0.2, 0.25) is 0 Å². The zero-order valence-electron chi connectivity index (χ0n) is 24.4. The zero-order chi connectivity index (χ0) is 32.6. The van der Waals surface area contributed by atoms with Crippen molar-refractivity contribution < 1.29 is 37.5 Å². The number of benzene rings is 1. The van der Waals surface area contributed by atoms with Gasteiger partial charge in [-0.3, -0.25) is 19.4 Å². The van der Waals surface area contributed by atoms with Crippen LogP contribution in [0.4, 0.5) is 24.5 Å². The lowest BCUT2D eigenvalue weighted by molar-refractivity contribution is -0.192. The number of rotatable bonds is 9. The van der Waals surface area contributed by atoms with Crippen molar-refractivity contribution in [3.05, 3.63) is 78.1 Å². The Balaban J connectivity index is 0.000000676. The number of amides is 3. The number of hydrogen-bond donors (Lipinski definition) is 4. The molecule has 12 nitrogen and oxygen atoms in total. The van der Waals surface area contributed by atoms with Crippen molar-refractivity contribution in [2.45, 2.75) is 12.6 Å². The Hall–Kier alpha value is -5.18. The maximum Gasteiger partial charge on any atom is 0.490 e. The fraction of sp³-hybridized carbons (Fsp3) is 0.276. The SMILES string of the molecule is CN(C)CCCNC(=O)c1cc(NC(=O)c2cc(NC(=O)c3cc4ccccc4cn3)cn2C)cn1C.O=C(O)C(F)(F)F. The van der Waals surface area contributed by atoms with E-state index in [1.165, 1.54) is 0 Å². The van der Waals surface area contributed by atoms with Gasteiger partial charge in [-0.05, 0) is 50.6 Å². The average Bonchev–Trinajstić information content (AvgIpc) is 3.51. The van der Waals surface area contributed by atoms with Gasteiger partial charge in [0.15, 0.2) is 0 Å². The van der Waals surface area contributed by atoms with E-state index in [0.29, 0.717) is 29.3 Å². The zero-order valence-corrected chi connectivity index (χ0v) is 24.4. The van der Waals surface area contributed by atoms with Crippen LogP contribution >= 0.6 is 0 Å². The number of carbonyl (C=O) groups is 4. The number of anilines is 2. The van der Waals surface area contributed by atoms with Gasteiger partial charge in [-0.15, -0.1) is 0 Å². The Morgan fingerprint density at radius 1 is 0.864 bits per heavy atom. The van der Waals surface area contributed by atoms with Crippen LogP contribution in [0.25, 0.3) is 10.8 Å². The van der Waals surface area contributed by atoms with Crippen molar-refractivity contribution in [2.75, 3.05) is 37.8 Å². The molecule has 0 saturated carbocycles. The predicted octanol–water partition coefficient (Wildman–Crippen LogP) is 3.73. The van der Waals surface area contributed by atoms with Crippen LogP contribution in [-0.2, 0) is 18.9 Å². The molecule has 44 heavy (non-hydrogen) atoms. The van der Waals surface area contributed by atoms with E-state index in [9.17, 15) is 27.6 Å². The normalized spacial score (nSPS) is 11.1. The molecular weight excluding hydrogens is 583 g/mol. The van der Waals surface area contributed by atoms with Crippen molar-refractivity contribution >= 4 is 45.8 Å². The fourth-order valence-corrected chi connectivity index (χ4v) is 4.00. The van der Waals surface area contributed by atoms with Crippen molar-refractivity contribution in [1.29, 1.82) is 0 Å². The van der Waals surface area contributed by atoms with E-state index < -0.39 is 12.1 Å². The van der Waals surface area contributed by atoms with Crippen molar-refractivity contribution in [2.24, 2.45) is 14.1 Å². The number of aliphatic carboxylic acids is 1. The molecule has 3 amide bonds. The molecule has 234 valence electrons. The Bertz CT molecular complexity index is 1660. The number of alkyl halides is 3. The Labute approximate surface area is 250 Å². The summed E-state index contributed by atoms with van der Waals surface area (Å²) in [6.45, 7) is 1.45. The van der Waals surface area contributed by atoms with E-state index in [2.05, 4.69) is 25.8 Å². The van der Waals surface area contributed by atoms with Crippen molar-refractivity contribution in [3.63, 3.8) is 0 Å². The monoisotopic (exact) mass is 615 g/mol. The number of nitrogens with one attached hydrogen (secondary N) is 3. The molecule has 0 spiro atoms. The maximum atomic E-state index is 12.9. The average molecular weight is 616 g/mol. The third-order valence-corrected chi connectivity index (χ3v) is 6.16. The molecule has 0 aliphatic heterocycles. The summed E-state index contributed by atoms with van der Waals surface area (Å²) >= 11 is 0. The van der Waals surface area contributed by atoms with E-state index in [1.807, 2.05) is 38.4 Å². The van der Waals surface area contributed by atoms with Crippen molar-refractivity contribution in [3.8, 4) is 0 Å². The Morgan fingerprint density at radius 2 is 1.39 bits per heavy atom. The number of hydrogen-bond acceptors (Lipinski definition) is 6. The lowest BCUT2D eigenvalue weighted by Crippen LogP contribution is -2.28. The molecule has 0 aliphatic rings. The second-order valence-electron chi connectivity index (χ2n) is 9.99. The Kier molecular flexibility index (Phi) is 10.9. The van der Waals surface area contributed by atoms with Crippen LogP contribution in [0.15, 0.2) is 61.1 Å². The number of pyridine rings is 1. The predicted molar refractivity (Wildman–Crippen MR) is 158 cm³/mol. The summed E-state index contributed by atoms with van der Waals surface area (Å²) in [6.07, 6.45) is 0.761. The van der Waals surface area contributed by atoms with Gasteiger partial charge >= 0.3 is 12.1 Å². The van der Waals surface area contributed by atoms with Gasteiger partial charge in [-0.2, -0.15) is 13.2 Å². The van der Waals surface area contributed by atoms with Gasteiger partial charge in [0, 0.05) is 44.6 Å². The summed E-state index contributed by atoms with van der Waals surface area (Å²) in [5.41, 5.74) is 2.05. The molecule has 0 radical (unpaired) electrons. The minimum atomic E-state index is -5.08. The van der Waals surface area contributed by atoms with E-state index in [0.717, 1.165) is 23.7 Å². The number of carbonyl (C=O) groups excluding carboxylic acids is 3. The highest BCUT2D eigenvalue weighted by molar-refractivity contribution is 6.07. The standard InChI is InChI=1S/C27H31N7O3.C2HF3O2/c1-32(2)11-7-10-28-26(36)23-13-21(17-33(23)3)31-27(37)24-14-20(16-34(24)4)30-25(35)22-12-18-8-5-6-9-19(18)15-29-22;3-2(4,5)1(6)7/h5-6,8-9,12-17H,7,10-11H2,1-4H3,(H,28,36)(H,30,35)(H,31,37);(H,6,7). The van der Waals surface area contributed by atoms with Crippen LogP contribution in [0.3, 0.4) is 0 Å².